The minimum Gasteiger partial charge on any atom is -0.373 e. The van der Waals surface area contributed by atoms with Crippen LogP contribution >= 0.6 is 0 Å². The van der Waals surface area contributed by atoms with Gasteiger partial charge in [0, 0.05) is 0 Å². The van der Waals surface area contributed by atoms with E-state index in [0.29, 0.717) is 6.42 Å². The topological polar surface area (TPSA) is 89.7 Å². The Labute approximate surface area is 104 Å². The number of ether oxygens (including phenoxy) is 1. The molecule has 6 heteroatoms. The van der Waals surface area contributed by atoms with E-state index in [2.05, 4.69) is 0 Å². The number of nitrogens with two attached hydrogens (primary N) is 1. The molecule has 3 rings (SSSR count). The Kier molecular flexibility index (Phi) is 2.45. The number of nitrogens with zero attached hydrogens (tertiary/aromatic N) is 1. The van der Waals surface area contributed by atoms with E-state index >= 15 is 0 Å². The fraction of sp³-hybridized carbons (Fsp3) is 0.750. The number of primary amides is 1. The standard InChI is InChI=1S/C12H16N2O4/c1-2-5(10(13)15)14-11(16)8-6-3-4-7(18-6)9(8)12(14)17/h5-9H,2-4H2,1H3,(H2,13,15). The highest BCUT2D eigenvalue weighted by atomic mass is 16.5. The van der Waals surface area contributed by atoms with E-state index in [-0.39, 0.29) is 35.9 Å². The summed E-state index contributed by atoms with van der Waals surface area (Å²) in [7, 11) is 0. The minimum atomic E-state index is -0.810. The molecule has 0 aromatic heterocycles. The zero-order valence-corrected chi connectivity index (χ0v) is 10.2. The Balaban J connectivity index is 1.93. The second-order valence-corrected chi connectivity index (χ2v) is 5.21. The van der Waals surface area contributed by atoms with Crippen molar-refractivity contribution in [3.05, 3.63) is 0 Å². The second kappa shape index (κ2) is 3.78. The molecule has 2 bridgehead atoms. The highest BCUT2D eigenvalue weighted by Gasteiger charge is 2.63. The van der Waals surface area contributed by atoms with Crippen LogP contribution in [0.2, 0.25) is 0 Å². The third-order valence-electron chi connectivity index (χ3n) is 4.35. The van der Waals surface area contributed by atoms with Gasteiger partial charge in [-0.05, 0) is 19.3 Å². The first kappa shape index (κ1) is 11.6. The van der Waals surface area contributed by atoms with Crippen molar-refractivity contribution in [1.29, 1.82) is 0 Å². The van der Waals surface area contributed by atoms with Gasteiger partial charge in [0.25, 0.3) is 0 Å². The van der Waals surface area contributed by atoms with Gasteiger partial charge in [0.1, 0.15) is 6.04 Å². The summed E-state index contributed by atoms with van der Waals surface area (Å²) >= 11 is 0. The summed E-state index contributed by atoms with van der Waals surface area (Å²) in [6.45, 7) is 1.75. The van der Waals surface area contributed by atoms with Crippen molar-refractivity contribution in [2.24, 2.45) is 17.6 Å². The molecule has 0 aliphatic carbocycles. The third kappa shape index (κ3) is 1.29. The van der Waals surface area contributed by atoms with E-state index in [1.165, 1.54) is 0 Å². The maximum atomic E-state index is 12.3. The van der Waals surface area contributed by atoms with Crippen molar-refractivity contribution in [2.75, 3.05) is 0 Å². The zero-order valence-electron chi connectivity index (χ0n) is 10.2. The molecule has 0 aromatic rings. The first-order valence-corrected chi connectivity index (χ1v) is 6.38. The molecule has 5 unspecified atom stereocenters. The summed E-state index contributed by atoms with van der Waals surface area (Å²) < 4.78 is 5.62. The van der Waals surface area contributed by atoms with E-state index in [1.807, 2.05) is 0 Å². The van der Waals surface area contributed by atoms with Gasteiger partial charge in [0.15, 0.2) is 0 Å². The molecule has 0 radical (unpaired) electrons. The van der Waals surface area contributed by atoms with Crippen LogP contribution in [0.1, 0.15) is 26.2 Å². The lowest BCUT2D eigenvalue weighted by atomic mass is 9.81. The summed E-state index contributed by atoms with van der Waals surface area (Å²) in [5.41, 5.74) is 5.27. The van der Waals surface area contributed by atoms with Crippen molar-refractivity contribution in [3.63, 3.8) is 0 Å². The van der Waals surface area contributed by atoms with Crippen molar-refractivity contribution in [3.8, 4) is 0 Å². The monoisotopic (exact) mass is 252 g/mol. The molecule has 98 valence electrons. The van der Waals surface area contributed by atoms with E-state index < -0.39 is 11.9 Å². The quantitative estimate of drug-likeness (QED) is 0.680. The summed E-state index contributed by atoms with van der Waals surface area (Å²) in [6, 6.07) is -0.810. The third-order valence-corrected chi connectivity index (χ3v) is 4.35. The largest absolute Gasteiger partial charge is 0.373 e. The molecule has 3 fully saturated rings. The lowest BCUT2D eigenvalue weighted by Gasteiger charge is -2.24. The number of imide groups is 1. The normalized spacial score (nSPS) is 39.3. The smallest absolute Gasteiger partial charge is 0.240 e. The molecule has 18 heavy (non-hydrogen) atoms. The molecule has 0 aromatic carbocycles. The lowest BCUT2D eigenvalue weighted by molar-refractivity contribution is -0.149. The van der Waals surface area contributed by atoms with Crippen LogP contribution in [0.3, 0.4) is 0 Å². The zero-order chi connectivity index (χ0) is 13.0. The predicted molar refractivity (Wildman–Crippen MR) is 60.0 cm³/mol. The Morgan fingerprint density at radius 1 is 1.33 bits per heavy atom. The van der Waals surface area contributed by atoms with E-state index in [1.54, 1.807) is 6.92 Å². The van der Waals surface area contributed by atoms with Gasteiger partial charge in [-0.3, -0.25) is 19.3 Å². The fourth-order valence-electron chi connectivity index (χ4n) is 3.55. The molecule has 6 nitrogen and oxygen atoms in total. The Hall–Kier alpha value is -1.43. The fourth-order valence-corrected chi connectivity index (χ4v) is 3.55. The Morgan fingerprint density at radius 3 is 2.22 bits per heavy atom. The highest BCUT2D eigenvalue weighted by Crippen LogP contribution is 2.48. The van der Waals surface area contributed by atoms with Gasteiger partial charge in [0.2, 0.25) is 17.7 Å². The summed E-state index contributed by atoms with van der Waals surface area (Å²) in [5.74, 6) is -1.94. The van der Waals surface area contributed by atoms with Gasteiger partial charge in [-0.2, -0.15) is 0 Å². The number of rotatable bonds is 3. The van der Waals surface area contributed by atoms with Gasteiger partial charge in [-0.15, -0.1) is 0 Å². The van der Waals surface area contributed by atoms with Gasteiger partial charge in [-0.25, -0.2) is 0 Å². The van der Waals surface area contributed by atoms with Crippen LogP contribution in [-0.4, -0.2) is 40.9 Å². The molecular formula is C12H16N2O4. The van der Waals surface area contributed by atoms with Crippen molar-refractivity contribution >= 4 is 17.7 Å². The SMILES string of the molecule is CCC(C(N)=O)N1C(=O)C2C3CCC(O3)C2C1=O. The van der Waals surface area contributed by atoms with Crippen LogP contribution in [0.4, 0.5) is 0 Å². The number of likely N-dealkylation sites (tertiary alicyclic amines) is 1. The average Bonchev–Trinajstić information content (AvgIpc) is 2.98. The van der Waals surface area contributed by atoms with E-state index in [0.717, 1.165) is 17.7 Å². The predicted octanol–water partition coefficient (Wildman–Crippen LogP) is -0.587. The number of amides is 3. The maximum absolute atomic E-state index is 12.3. The number of hydrogen-bond donors (Lipinski definition) is 1. The lowest BCUT2D eigenvalue weighted by Crippen LogP contribution is -2.49. The number of carbonyl (C=O) groups excluding carboxylic acids is 3. The van der Waals surface area contributed by atoms with Gasteiger partial charge < -0.3 is 10.5 Å². The van der Waals surface area contributed by atoms with Crippen molar-refractivity contribution in [2.45, 2.75) is 44.4 Å². The molecule has 3 aliphatic heterocycles. The van der Waals surface area contributed by atoms with Gasteiger partial charge >= 0.3 is 0 Å². The summed E-state index contributed by atoms with van der Waals surface area (Å²) in [6.07, 6.45) is 1.72. The first-order valence-electron chi connectivity index (χ1n) is 6.38. The summed E-state index contributed by atoms with van der Waals surface area (Å²) in [4.78, 5) is 37.1. The minimum absolute atomic E-state index is 0.146. The average molecular weight is 252 g/mol. The number of carbonyl (C=O) groups is 3. The first-order chi connectivity index (χ1) is 8.56. The Bertz CT molecular complexity index is 408. The van der Waals surface area contributed by atoms with E-state index in [9.17, 15) is 14.4 Å². The van der Waals surface area contributed by atoms with E-state index in [4.69, 9.17) is 10.5 Å². The van der Waals surface area contributed by atoms with Crippen molar-refractivity contribution in [1.82, 2.24) is 4.90 Å². The molecule has 5 atom stereocenters. The van der Waals surface area contributed by atoms with Crippen molar-refractivity contribution < 1.29 is 19.1 Å². The Morgan fingerprint density at radius 2 is 1.83 bits per heavy atom. The van der Waals surface area contributed by atoms with Crippen LogP contribution in [0.15, 0.2) is 0 Å². The molecule has 0 spiro atoms. The second-order valence-electron chi connectivity index (χ2n) is 5.21. The van der Waals surface area contributed by atoms with Gasteiger partial charge in [0.05, 0.1) is 24.0 Å². The molecule has 3 amide bonds. The number of hydrogen-bond acceptors (Lipinski definition) is 4. The van der Waals surface area contributed by atoms with Crippen LogP contribution in [0, 0.1) is 11.8 Å². The number of fused-ring (bicyclic) bond motifs is 5. The van der Waals surface area contributed by atoms with Crippen LogP contribution in [0.5, 0.6) is 0 Å². The van der Waals surface area contributed by atoms with Crippen LogP contribution in [0.25, 0.3) is 0 Å². The van der Waals surface area contributed by atoms with Gasteiger partial charge in [-0.1, -0.05) is 6.92 Å². The molecule has 2 N–H and O–H groups in total. The molecule has 0 saturated carbocycles. The maximum Gasteiger partial charge on any atom is 0.240 e. The highest BCUT2D eigenvalue weighted by molar-refractivity contribution is 6.09. The van der Waals surface area contributed by atoms with Crippen LogP contribution in [-0.2, 0) is 19.1 Å². The molecule has 3 aliphatic rings. The van der Waals surface area contributed by atoms with Crippen LogP contribution < -0.4 is 5.73 Å². The molecule has 3 heterocycles. The molecule has 3 saturated heterocycles. The summed E-state index contributed by atoms with van der Waals surface area (Å²) in [5, 5.41) is 0. The molecular weight excluding hydrogens is 236 g/mol.